The highest BCUT2D eigenvalue weighted by atomic mass is 15.7. The van der Waals surface area contributed by atoms with Gasteiger partial charge in [0.2, 0.25) is 0 Å². The maximum atomic E-state index is 5.23. The summed E-state index contributed by atoms with van der Waals surface area (Å²) in [7, 11) is 0. The van der Waals surface area contributed by atoms with Crippen molar-refractivity contribution < 1.29 is 0 Å². The molecule has 0 saturated carbocycles. The Morgan fingerprint density at radius 3 is 1.96 bits per heavy atom. The zero-order valence-corrected chi connectivity index (χ0v) is 24.3. The van der Waals surface area contributed by atoms with E-state index in [1.165, 1.54) is 0 Å². The Morgan fingerprint density at radius 1 is 0.578 bits per heavy atom. The van der Waals surface area contributed by atoms with Gasteiger partial charge in [-0.15, -0.1) is 0 Å². The molecule has 0 radical (unpaired) electrons. The Bertz CT molecular complexity index is 2000. The number of nitrogens with zero attached hydrogens (tertiary/aromatic N) is 6. The molecule has 4 bridgehead atoms. The van der Waals surface area contributed by atoms with E-state index in [1.807, 2.05) is 96.3 Å². The largest absolute Gasteiger partial charge is 0.345 e. The van der Waals surface area contributed by atoms with Gasteiger partial charge in [0.15, 0.2) is 11.7 Å². The van der Waals surface area contributed by atoms with Crippen molar-refractivity contribution in [2.45, 2.75) is 6.17 Å². The first-order valence-corrected chi connectivity index (χ1v) is 14.9. The summed E-state index contributed by atoms with van der Waals surface area (Å²) < 4.78 is 0. The number of fused-ring (bicyclic) bond motifs is 7. The van der Waals surface area contributed by atoms with Gasteiger partial charge in [-0.3, -0.25) is 9.91 Å². The number of nitrogens with one attached hydrogen (secondary N) is 1. The molecule has 3 aromatic carbocycles. The fourth-order valence-electron chi connectivity index (χ4n) is 5.72. The molecule has 2 aromatic heterocycles. The quantitative estimate of drug-likeness (QED) is 0.229. The molecule has 8 rings (SSSR count). The monoisotopic (exact) mass is 583 g/mol. The molecule has 1 N–H and O–H groups in total. The molecule has 7 heteroatoms. The van der Waals surface area contributed by atoms with E-state index in [4.69, 9.17) is 15.0 Å². The zero-order chi connectivity index (χ0) is 30.0. The second-order valence-corrected chi connectivity index (χ2v) is 10.8. The van der Waals surface area contributed by atoms with Crippen LogP contribution in [0.2, 0.25) is 0 Å². The SMILES string of the molecule is C1=CC2=Nc3cc(-c4ccccc4)cc(n3)N(c3ccccc3)c3cc(-c4ccccc4)cc(n3)NC3C=CC=CN3N2C=C1. The Hall–Kier alpha value is -6.21. The van der Waals surface area contributed by atoms with Gasteiger partial charge in [0.05, 0.1) is 0 Å². The summed E-state index contributed by atoms with van der Waals surface area (Å²) in [6, 6.07) is 39.4. The lowest BCUT2D eigenvalue weighted by atomic mass is 10.1. The van der Waals surface area contributed by atoms with E-state index >= 15 is 0 Å². The maximum Gasteiger partial charge on any atom is 0.157 e. The van der Waals surface area contributed by atoms with Crippen molar-refractivity contribution in [2.24, 2.45) is 4.99 Å². The average molecular weight is 584 g/mol. The minimum Gasteiger partial charge on any atom is -0.345 e. The van der Waals surface area contributed by atoms with Gasteiger partial charge in [-0.1, -0.05) is 91.0 Å². The lowest BCUT2D eigenvalue weighted by Gasteiger charge is -2.39. The van der Waals surface area contributed by atoms with Crippen LogP contribution < -0.4 is 10.2 Å². The number of aliphatic imine (C=N–C) groups is 1. The number of hydrogen-bond donors (Lipinski definition) is 1. The lowest BCUT2D eigenvalue weighted by molar-refractivity contribution is 0.135. The molecule has 7 nitrogen and oxygen atoms in total. The number of pyridine rings is 2. The van der Waals surface area contributed by atoms with Crippen molar-refractivity contribution in [2.75, 3.05) is 10.2 Å². The predicted molar refractivity (Wildman–Crippen MR) is 182 cm³/mol. The number of anilines is 4. The summed E-state index contributed by atoms with van der Waals surface area (Å²) >= 11 is 0. The third-order valence-electron chi connectivity index (χ3n) is 7.82. The highest BCUT2D eigenvalue weighted by Gasteiger charge is 2.26. The van der Waals surface area contributed by atoms with E-state index in [-0.39, 0.29) is 6.17 Å². The molecule has 0 saturated heterocycles. The molecule has 216 valence electrons. The molecule has 45 heavy (non-hydrogen) atoms. The first kappa shape index (κ1) is 26.4. The molecular formula is C38H29N7. The van der Waals surface area contributed by atoms with E-state index in [2.05, 4.69) is 88.0 Å². The van der Waals surface area contributed by atoms with E-state index < -0.39 is 0 Å². The third-order valence-corrected chi connectivity index (χ3v) is 7.82. The van der Waals surface area contributed by atoms with Gasteiger partial charge in [-0.05, 0) is 83.0 Å². The number of para-hydroxylation sites is 1. The van der Waals surface area contributed by atoms with Crippen LogP contribution in [0.1, 0.15) is 0 Å². The number of aromatic nitrogens is 2. The summed E-state index contributed by atoms with van der Waals surface area (Å²) in [6.45, 7) is 0. The number of rotatable bonds is 3. The number of hydrazine groups is 1. The van der Waals surface area contributed by atoms with E-state index in [1.54, 1.807) is 0 Å². The van der Waals surface area contributed by atoms with Gasteiger partial charge in [0.1, 0.15) is 23.6 Å². The maximum absolute atomic E-state index is 5.23. The smallest absolute Gasteiger partial charge is 0.157 e. The molecule has 0 fully saturated rings. The van der Waals surface area contributed by atoms with E-state index in [0.717, 1.165) is 45.4 Å². The topological polar surface area (TPSA) is 59.9 Å². The molecule has 3 aliphatic heterocycles. The van der Waals surface area contributed by atoms with Gasteiger partial charge in [-0.25, -0.2) is 20.0 Å². The van der Waals surface area contributed by atoms with Crippen LogP contribution in [-0.4, -0.2) is 32.0 Å². The molecule has 0 spiro atoms. The van der Waals surface area contributed by atoms with E-state index in [0.29, 0.717) is 11.6 Å². The standard InChI is InChI=1S/C38H29N7/c1-4-14-28(15-5-1)30-24-33-39-35-20-10-12-22-43(35)44-23-13-11-21-36(44)40-34-25-31(29-16-6-2-7-17-29)27-38(42-34)45(37(26-30)41-33)32-18-8-3-9-19-32/h1-27,35H,(H,39,41). The summed E-state index contributed by atoms with van der Waals surface area (Å²) in [4.78, 5) is 17.7. The number of allylic oxidation sites excluding steroid dienone is 4. The Labute approximate surface area is 262 Å². The van der Waals surface area contributed by atoms with Gasteiger partial charge in [-0.2, -0.15) is 0 Å². The van der Waals surface area contributed by atoms with Crippen LogP contribution in [-0.2, 0) is 0 Å². The molecule has 3 aliphatic rings. The van der Waals surface area contributed by atoms with Gasteiger partial charge >= 0.3 is 0 Å². The van der Waals surface area contributed by atoms with Crippen molar-refractivity contribution in [3.63, 3.8) is 0 Å². The molecule has 5 aromatic rings. The first-order valence-electron chi connectivity index (χ1n) is 14.9. The Balaban J connectivity index is 1.42. The normalized spacial score (nSPS) is 16.5. The van der Waals surface area contributed by atoms with Crippen LogP contribution in [0.4, 0.5) is 29.0 Å². The highest BCUT2D eigenvalue weighted by molar-refractivity contribution is 5.96. The molecule has 0 amide bonds. The van der Waals surface area contributed by atoms with Crippen LogP contribution in [0.15, 0.2) is 169 Å². The summed E-state index contributed by atoms with van der Waals surface area (Å²) in [5.74, 6) is 3.51. The molecular weight excluding hydrogens is 554 g/mol. The predicted octanol–water partition coefficient (Wildman–Crippen LogP) is 8.75. The summed E-state index contributed by atoms with van der Waals surface area (Å²) in [5, 5.41) is 7.83. The van der Waals surface area contributed by atoms with Crippen LogP contribution in [0.3, 0.4) is 0 Å². The Morgan fingerprint density at radius 2 is 1.22 bits per heavy atom. The average Bonchev–Trinajstić information content (AvgIpc) is 3.10. The highest BCUT2D eigenvalue weighted by Crippen LogP contribution is 2.39. The number of benzene rings is 3. The summed E-state index contributed by atoms with van der Waals surface area (Å²) in [6.07, 6.45) is 16.0. The number of hydrogen-bond acceptors (Lipinski definition) is 7. The van der Waals surface area contributed by atoms with Crippen LogP contribution in [0, 0.1) is 0 Å². The van der Waals surface area contributed by atoms with Gasteiger partial charge in [0, 0.05) is 18.1 Å². The first-order chi connectivity index (χ1) is 22.3. The van der Waals surface area contributed by atoms with Crippen molar-refractivity contribution in [1.29, 1.82) is 0 Å². The second-order valence-electron chi connectivity index (χ2n) is 10.8. The molecule has 1 atom stereocenters. The fourth-order valence-corrected chi connectivity index (χ4v) is 5.72. The Kier molecular flexibility index (Phi) is 6.73. The minimum absolute atomic E-state index is 0.232. The van der Waals surface area contributed by atoms with Crippen molar-refractivity contribution >= 4 is 34.8 Å². The number of amidine groups is 1. The van der Waals surface area contributed by atoms with Gasteiger partial charge in [0.25, 0.3) is 0 Å². The van der Waals surface area contributed by atoms with Crippen LogP contribution in [0.25, 0.3) is 22.3 Å². The van der Waals surface area contributed by atoms with E-state index in [9.17, 15) is 0 Å². The van der Waals surface area contributed by atoms with Crippen molar-refractivity contribution in [1.82, 2.24) is 20.0 Å². The van der Waals surface area contributed by atoms with Crippen LogP contribution >= 0.6 is 0 Å². The third kappa shape index (κ3) is 5.28. The minimum atomic E-state index is -0.232. The van der Waals surface area contributed by atoms with Crippen molar-refractivity contribution in [3.05, 3.63) is 164 Å². The van der Waals surface area contributed by atoms with Gasteiger partial charge < -0.3 is 5.32 Å². The lowest BCUT2D eigenvalue weighted by Crippen LogP contribution is -2.49. The second kappa shape index (κ2) is 11.5. The van der Waals surface area contributed by atoms with Crippen molar-refractivity contribution in [3.8, 4) is 22.3 Å². The van der Waals surface area contributed by atoms with Crippen LogP contribution in [0.5, 0.6) is 0 Å². The zero-order valence-electron chi connectivity index (χ0n) is 24.3. The molecule has 5 heterocycles. The molecule has 0 aliphatic carbocycles. The fraction of sp³-hybridized carbons (Fsp3) is 0.0263. The summed E-state index contributed by atoms with van der Waals surface area (Å²) in [5.41, 5.74) is 5.16. The molecule has 1 unspecified atom stereocenters.